The molecule has 0 bridgehead atoms. The Morgan fingerprint density at radius 1 is 1.33 bits per heavy atom. The predicted molar refractivity (Wildman–Crippen MR) is 83.7 cm³/mol. The van der Waals surface area contributed by atoms with Gasteiger partial charge in [-0.05, 0) is 18.4 Å². The van der Waals surface area contributed by atoms with Gasteiger partial charge in [0.1, 0.15) is 11.6 Å². The lowest BCUT2D eigenvalue weighted by Gasteiger charge is -2.05. The average Bonchev–Trinajstić information content (AvgIpc) is 2.80. The Morgan fingerprint density at radius 2 is 2.00 bits per heavy atom. The second-order valence-corrected chi connectivity index (χ2v) is 6.27. The van der Waals surface area contributed by atoms with Crippen molar-refractivity contribution in [3.63, 3.8) is 0 Å². The van der Waals surface area contributed by atoms with Crippen molar-refractivity contribution in [2.45, 2.75) is 33.3 Å². The third kappa shape index (κ3) is 4.12. The number of aromatic nitrogens is 1. The third-order valence-corrected chi connectivity index (χ3v) is 4.36. The molecule has 0 aliphatic heterocycles. The van der Waals surface area contributed by atoms with Crippen LogP contribution in [0.2, 0.25) is 0 Å². The van der Waals surface area contributed by atoms with Gasteiger partial charge in [-0.2, -0.15) is 0 Å². The van der Waals surface area contributed by atoms with Crippen LogP contribution < -0.4 is 0 Å². The van der Waals surface area contributed by atoms with Crippen molar-refractivity contribution in [3.05, 3.63) is 40.4 Å². The average molecular weight is 305 g/mol. The van der Waals surface area contributed by atoms with Gasteiger partial charge < -0.3 is 9.84 Å². The Labute approximate surface area is 128 Å². The maximum atomic E-state index is 10.5. The molecule has 0 unspecified atom stereocenters. The quantitative estimate of drug-likeness (QED) is 0.881. The van der Waals surface area contributed by atoms with E-state index in [0.717, 1.165) is 21.1 Å². The van der Waals surface area contributed by atoms with Crippen LogP contribution in [0.15, 0.2) is 24.3 Å². The van der Waals surface area contributed by atoms with E-state index in [-0.39, 0.29) is 6.61 Å². The van der Waals surface area contributed by atoms with Gasteiger partial charge in [-0.3, -0.25) is 0 Å². The number of carboxylic acid groups (broad SMARTS) is 1. The summed E-state index contributed by atoms with van der Waals surface area (Å²) in [7, 11) is 0. The highest BCUT2D eigenvalue weighted by molar-refractivity contribution is 7.15. The van der Waals surface area contributed by atoms with Crippen LogP contribution in [0, 0.1) is 6.92 Å². The van der Waals surface area contributed by atoms with E-state index in [1.807, 2.05) is 6.92 Å². The monoisotopic (exact) mass is 305 g/mol. The number of aliphatic carboxylic acids is 1. The van der Waals surface area contributed by atoms with Crippen LogP contribution in [0.4, 0.5) is 0 Å². The van der Waals surface area contributed by atoms with Gasteiger partial charge in [0, 0.05) is 5.56 Å². The molecule has 0 spiro atoms. The van der Waals surface area contributed by atoms with E-state index in [1.54, 1.807) is 11.3 Å². The smallest absolute Gasteiger partial charge is 0.329 e. The molecule has 21 heavy (non-hydrogen) atoms. The zero-order valence-corrected chi connectivity index (χ0v) is 13.2. The van der Waals surface area contributed by atoms with Crippen molar-refractivity contribution in [2.24, 2.45) is 0 Å². The molecule has 5 heteroatoms. The highest BCUT2D eigenvalue weighted by atomic mass is 32.1. The molecule has 1 heterocycles. The zero-order chi connectivity index (χ0) is 15.4. The van der Waals surface area contributed by atoms with Gasteiger partial charge in [0.15, 0.2) is 0 Å². The molecule has 0 saturated heterocycles. The Hall–Kier alpha value is -1.72. The van der Waals surface area contributed by atoms with E-state index >= 15 is 0 Å². The molecule has 112 valence electrons. The Bertz CT molecular complexity index is 617. The summed E-state index contributed by atoms with van der Waals surface area (Å²) in [4.78, 5) is 16.0. The number of hydrogen-bond acceptors (Lipinski definition) is 4. The van der Waals surface area contributed by atoms with Gasteiger partial charge >= 0.3 is 5.97 Å². The predicted octanol–water partition coefficient (Wildman–Crippen LogP) is 3.84. The lowest BCUT2D eigenvalue weighted by molar-refractivity contribution is -0.142. The summed E-state index contributed by atoms with van der Waals surface area (Å²) in [5, 5.41) is 9.52. The van der Waals surface area contributed by atoms with Crippen LogP contribution in [-0.2, 0) is 16.1 Å². The van der Waals surface area contributed by atoms with E-state index in [2.05, 4.69) is 43.1 Å². The molecule has 0 saturated carbocycles. The molecule has 2 aromatic rings. The van der Waals surface area contributed by atoms with E-state index in [1.165, 1.54) is 5.56 Å². The molecule has 0 aliphatic carbocycles. The number of nitrogens with zero attached hydrogens (tertiary/aromatic N) is 1. The van der Waals surface area contributed by atoms with E-state index in [0.29, 0.717) is 12.5 Å². The van der Waals surface area contributed by atoms with E-state index < -0.39 is 5.97 Å². The summed E-state index contributed by atoms with van der Waals surface area (Å²) in [5.41, 5.74) is 3.28. The molecular formula is C16H19NO3S. The zero-order valence-electron chi connectivity index (χ0n) is 12.4. The molecule has 0 atom stereocenters. The summed E-state index contributed by atoms with van der Waals surface area (Å²) in [5.74, 6) is -0.446. The Morgan fingerprint density at radius 3 is 2.57 bits per heavy atom. The molecule has 1 aromatic heterocycles. The molecule has 0 amide bonds. The number of carbonyl (C=O) groups is 1. The molecule has 0 radical (unpaired) electrons. The minimum atomic E-state index is -0.957. The Balaban J connectivity index is 2.12. The van der Waals surface area contributed by atoms with Crippen molar-refractivity contribution < 1.29 is 14.6 Å². The van der Waals surface area contributed by atoms with Crippen molar-refractivity contribution in [1.82, 2.24) is 4.98 Å². The summed E-state index contributed by atoms with van der Waals surface area (Å²) >= 11 is 1.55. The minimum absolute atomic E-state index is 0.282. The third-order valence-electron chi connectivity index (χ3n) is 3.18. The molecule has 2 rings (SSSR count). The maximum absolute atomic E-state index is 10.5. The van der Waals surface area contributed by atoms with Crippen LogP contribution in [0.3, 0.4) is 0 Å². The molecule has 1 N–H and O–H groups in total. The Kier molecular flexibility index (Phi) is 5.09. The number of rotatable bonds is 6. The van der Waals surface area contributed by atoms with Crippen molar-refractivity contribution in [3.8, 4) is 10.6 Å². The van der Waals surface area contributed by atoms with Crippen molar-refractivity contribution >= 4 is 17.3 Å². The topological polar surface area (TPSA) is 59.4 Å². The first kappa shape index (κ1) is 15.7. The van der Waals surface area contributed by atoms with Crippen LogP contribution >= 0.6 is 11.3 Å². The summed E-state index contributed by atoms with van der Waals surface area (Å²) < 4.78 is 5.13. The van der Waals surface area contributed by atoms with Crippen molar-refractivity contribution in [2.75, 3.05) is 6.61 Å². The second kappa shape index (κ2) is 6.83. The van der Waals surface area contributed by atoms with Gasteiger partial charge in [0.2, 0.25) is 0 Å². The number of ether oxygens (including phenoxy) is 1. The molecule has 1 aromatic carbocycles. The lowest BCUT2D eigenvalue weighted by atomic mass is 10.0. The fourth-order valence-electron chi connectivity index (χ4n) is 1.93. The van der Waals surface area contributed by atoms with Gasteiger partial charge in [0.25, 0.3) is 0 Å². The second-order valence-electron chi connectivity index (χ2n) is 5.19. The first-order valence-corrected chi connectivity index (χ1v) is 7.65. The van der Waals surface area contributed by atoms with Gasteiger partial charge in [-0.25, -0.2) is 9.78 Å². The van der Waals surface area contributed by atoms with Crippen LogP contribution in [-0.4, -0.2) is 22.7 Å². The van der Waals surface area contributed by atoms with E-state index in [4.69, 9.17) is 9.84 Å². The number of thiazole rings is 1. The number of benzene rings is 1. The lowest BCUT2D eigenvalue weighted by Crippen LogP contribution is -2.06. The summed E-state index contributed by atoms with van der Waals surface area (Å²) in [6.07, 6.45) is 0. The number of hydrogen-bond donors (Lipinski definition) is 1. The van der Waals surface area contributed by atoms with Crippen LogP contribution in [0.25, 0.3) is 10.6 Å². The van der Waals surface area contributed by atoms with E-state index in [9.17, 15) is 4.79 Å². The summed E-state index contributed by atoms with van der Waals surface area (Å²) in [6, 6.07) is 8.40. The fourth-order valence-corrected chi connectivity index (χ4v) is 2.93. The fraction of sp³-hybridized carbons (Fsp3) is 0.375. The van der Waals surface area contributed by atoms with Gasteiger partial charge in [0.05, 0.1) is 17.2 Å². The maximum Gasteiger partial charge on any atom is 0.329 e. The van der Waals surface area contributed by atoms with Gasteiger partial charge in [-0.15, -0.1) is 11.3 Å². The first-order chi connectivity index (χ1) is 9.97. The van der Waals surface area contributed by atoms with Crippen LogP contribution in [0.5, 0.6) is 0 Å². The first-order valence-electron chi connectivity index (χ1n) is 6.83. The molecule has 4 nitrogen and oxygen atoms in total. The molecule has 0 fully saturated rings. The van der Waals surface area contributed by atoms with Gasteiger partial charge in [-0.1, -0.05) is 38.1 Å². The highest BCUT2D eigenvalue weighted by Crippen LogP contribution is 2.29. The summed E-state index contributed by atoms with van der Waals surface area (Å²) in [6.45, 7) is 6.26. The number of aryl methyl sites for hydroxylation is 1. The largest absolute Gasteiger partial charge is 0.480 e. The SMILES string of the molecule is Cc1nc(-c2ccc(C(C)C)cc2)sc1COCC(=O)O. The molecule has 0 aliphatic rings. The van der Waals surface area contributed by atoms with Crippen LogP contribution in [0.1, 0.15) is 35.9 Å². The normalized spacial score (nSPS) is 11.0. The molecular weight excluding hydrogens is 286 g/mol. The van der Waals surface area contributed by atoms with Crippen molar-refractivity contribution in [1.29, 1.82) is 0 Å². The standard InChI is InChI=1S/C16H19NO3S/c1-10(2)12-4-6-13(7-5-12)16-17-11(3)14(21-16)8-20-9-15(18)19/h4-7,10H,8-9H2,1-3H3,(H,18,19). The highest BCUT2D eigenvalue weighted by Gasteiger charge is 2.10. The minimum Gasteiger partial charge on any atom is -0.480 e. The number of carboxylic acids is 1.